The lowest BCUT2D eigenvalue weighted by Crippen LogP contribution is -2.38. The summed E-state index contributed by atoms with van der Waals surface area (Å²) in [7, 11) is 0. The van der Waals surface area contributed by atoms with E-state index < -0.39 is 0 Å². The molecule has 1 N–H and O–H groups in total. The zero-order valence-corrected chi connectivity index (χ0v) is 20.3. The molecule has 1 atom stereocenters. The minimum atomic E-state index is -0.229. The minimum absolute atomic E-state index is 0.00622. The zero-order chi connectivity index (χ0) is 24.2. The molecular formula is C28H32N4O2. The van der Waals surface area contributed by atoms with Crippen LogP contribution >= 0.6 is 0 Å². The van der Waals surface area contributed by atoms with Crippen molar-refractivity contribution in [3.63, 3.8) is 0 Å². The van der Waals surface area contributed by atoms with Gasteiger partial charge in [0.2, 0.25) is 5.91 Å². The van der Waals surface area contributed by atoms with Crippen LogP contribution in [-0.2, 0) is 24.3 Å². The fourth-order valence-corrected chi connectivity index (χ4v) is 4.43. The van der Waals surface area contributed by atoms with Gasteiger partial charge in [-0.3, -0.25) is 9.59 Å². The van der Waals surface area contributed by atoms with Crippen LogP contribution in [0.2, 0.25) is 0 Å². The third-order valence-corrected chi connectivity index (χ3v) is 6.48. The lowest BCUT2D eigenvalue weighted by Gasteiger charge is -2.14. The first-order chi connectivity index (χ1) is 16.3. The van der Waals surface area contributed by atoms with Crippen molar-refractivity contribution in [2.75, 3.05) is 0 Å². The van der Waals surface area contributed by atoms with Crippen LogP contribution in [0.4, 0.5) is 0 Å². The van der Waals surface area contributed by atoms with Gasteiger partial charge in [0.1, 0.15) is 6.54 Å². The summed E-state index contributed by atoms with van der Waals surface area (Å²) in [6.45, 7) is 8.62. The minimum Gasteiger partial charge on any atom is -0.352 e. The Balaban J connectivity index is 1.48. The highest BCUT2D eigenvalue weighted by molar-refractivity contribution is 5.87. The molecule has 0 saturated heterocycles. The van der Waals surface area contributed by atoms with Gasteiger partial charge in [-0.05, 0) is 51.7 Å². The Morgan fingerprint density at radius 2 is 1.68 bits per heavy atom. The molecule has 0 unspecified atom stereocenters. The summed E-state index contributed by atoms with van der Waals surface area (Å²) in [6.07, 6.45) is 3.42. The third-order valence-electron chi connectivity index (χ3n) is 6.48. The monoisotopic (exact) mass is 456 g/mol. The Bertz CT molecular complexity index is 1350. The van der Waals surface area contributed by atoms with E-state index in [9.17, 15) is 9.59 Å². The summed E-state index contributed by atoms with van der Waals surface area (Å²) in [6, 6.07) is 18.6. The van der Waals surface area contributed by atoms with Gasteiger partial charge in [0.25, 0.3) is 5.56 Å². The van der Waals surface area contributed by atoms with Gasteiger partial charge in [-0.25, -0.2) is 4.68 Å². The quantitative estimate of drug-likeness (QED) is 0.430. The molecule has 0 fully saturated rings. The Kier molecular flexibility index (Phi) is 6.96. The maximum absolute atomic E-state index is 13.3. The molecule has 1 amide bonds. The number of rotatable bonds is 8. The highest BCUT2D eigenvalue weighted by Gasteiger charge is 2.18. The fourth-order valence-electron chi connectivity index (χ4n) is 4.43. The summed E-state index contributed by atoms with van der Waals surface area (Å²) >= 11 is 0. The number of amides is 1. The van der Waals surface area contributed by atoms with Crippen molar-refractivity contribution in [1.82, 2.24) is 19.7 Å². The molecule has 0 aliphatic heterocycles. The first-order valence-corrected chi connectivity index (χ1v) is 11.8. The Hall–Kier alpha value is -3.67. The molecule has 34 heavy (non-hydrogen) atoms. The number of benzene rings is 2. The Morgan fingerprint density at radius 3 is 2.38 bits per heavy atom. The van der Waals surface area contributed by atoms with Crippen LogP contribution in [0, 0.1) is 20.8 Å². The van der Waals surface area contributed by atoms with Gasteiger partial charge in [0.05, 0.1) is 11.6 Å². The molecule has 4 rings (SSSR count). The van der Waals surface area contributed by atoms with Crippen LogP contribution in [0.1, 0.15) is 41.4 Å². The van der Waals surface area contributed by atoms with E-state index in [4.69, 9.17) is 0 Å². The number of nitrogens with one attached hydrogen (secondary N) is 1. The molecule has 4 aromatic rings. The summed E-state index contributed by atoms with van der Waals surface area (Å²) in [5.74, 6) is -0.206. The van der Waals surface area contributed by atoms with Gasteiger partial charge in [0, 0.05) is 29.4 Å². The number of hydrogen-bond donors (Lipinski definition) is 1. The molecule has 2 heterocycles. The molecule has 0 spiro atoms. The van der Waals surface area contributed by atoms with E-state index in [-0.39, 0.29) is 24.1 Å². The van der Waals surface area contributed by atoms with E-state index in [0.717, 1.165) is 29.6 Å². The van der Waals surface area contributed by atoms with Crippen LogP contribution in [0.3, 0.4) is 0 Å². The number of fused-ring (bicyclic) bond motifs is 1. The van der Waals surface area contributed by atoms with Gasteiger partial charge < -0.3 is 9.88 Å². The Morgan fingerprint density at radius 1 is 0.971 bits per heavy atom. The van der Waals surface area contributed by atoms with Crippen molar-refractivity contribution < 1.29 is 4.79 Å². The predicted octanol–water partition coefficient (Wildman–Crippen LogP) is 4.31. The number of aryl methyl sites for hydroxylation is 4. The average Bonchev–Trinajstić information content (AvgIpc) is 3.06. The molecule has 2 aromatic carbocycles. The molecule has 0 radical (unpaired) electrons. The van der Waals surface area contributed by atoms with Gasteiger partial charge in [-0.1, -0.05) is 60.2 Å². The topological polar surface area (TPSA) is 68.9 Å². The van der Waals surface area contributed by atoms with Crippen molar-refractivity contribution in [1.29, 1.82) is 0 Å². The number of aromatic nitrogens is 3. The van der Waals surface area contributed by atoms with Crippen LogP contribution in [0.15, 0.2) is 65.6 Å². The van der Waals surface area contributed by atoms with E-state index in [1.165, 1.54) is 21.4 Å². The van der Waals surface area contributed by atoms with E-state index in [1.54, 1.807) is 6.20 Å². The van der Waals surface area contributed by atoms with Gasteiger partial charge >= 0.3 is 0 Å². The van der Waals surface area contributed by atoms with E-state index in [0.29, 0.717) is 11.9 Å². The molecule has 6 nitrogen and oxygen atoms in total. The number of hydrogen-bond acceptors (Lipinski definition) is 3. The van der Waals surface area contributed by atoms with Crippen molar-refractivity contribution in [2.45, 2.75) is 59.7 Å². The van der Waals surface area contributed by atoms with E-state index in [2.05, 4.69) is 58.3 Å². The fraction of sp³-hybridized carbons (Fsp3) is 0.321. The molecule has 0 saturated carbocycles. The van der Waals surface area contributed by atoms with Crippen molar-refractivity contribution in [3.8, 4) is 0 Å². The Labute approximate surface area is 200 Å². The third kappa shape index (κ3) is 5.11. The average molecular weight is 457 g/mol. The highest BCUT2D eigenvalue weighted by Crippen LogP contribution is 2.23. The predicted molar refractivity (Wildman–Crippen MR) is 136 cm³/mol. The second-order valence-corrected chi connectivity index (χ2v) is 9.13. The van der Waals surface area contributed by atoms with Gasteiger partial charge in [-0.15, -0.1) is 0 Å². The summed E-state index contributed by atoms with van der Waals surface area (Å²) in [5, 5.41) is 8.77. The van der Waals surface area contributed by atoms with Crippen molar-refractivity contribution in [3.05, 3.63) is 99.2 Å². The summed E-state index contributed by atoms with van der Waals surface area (Å²) in [5.41, 5.74) is 5.30. The summed E-state index contributed by atoms with van der Waals surface area (Å²) < 4.78 is 3.42. The molecule has 2 aromatic heterocycles. The normalized spacial score (nSPS) is 12.1. The first kappa shape index (κ1) is 23.5. The number of carbonyl (C=O) groups excluding carboxylic acids is 1. The molecule has 0 aliphatic rings. The first-order valence-electron chi connectivity index (χ1n) is 11.8. The SMILES string of the molecule is Cc1ccc(Cn2c(C)c3cnn(CC(=O)N[C@@H](C)CCc4ccccc4)c(=O)c3c2C)cc1. The van der Waals surface area contributed by atoms with Crippen LogP contribution in [0.25, 0.3) is 10.8 Å². The molecule has 176 valence electrons. The largest absolute Gasteiger partial charge is 0.352 e. The van der Waals surface area contributed by atoms with Crippen molar-refractivity contribution in [2.24, 2.45) is 0 Å². The smallest absolute Gasteiger partial charge is 0.276 e. The maximum Gasteiger partial charge on any atom is 0.276 e. The lowest BCUT2D eigenvalue weighted by atomic mass is 10.1. The zero-order valence-electron chi connectivity index (χ0n) is 20.3. The van der Waals surface area contributed by atoms with Crippen molar-refractivity contribution >= 4 is 16.7 Å². The van der Waals surface area contributed by atoms with Crippen LogP contribution < -0.4 is 10.9 Å². The molecule has 0 aliphatic carbocycles. The van der Waals surface area contributed by atoms with Crippen LogP contribution in [0.5, 0.6) is 0 Å². The summed E-state index contributed by atoms with van der Waals surface area (Å²) in [4.78, 5) is 25.9. The lowest BCUT2D eigenvalue weighted by molar-refractivity contribution is -0.122. The van der Waals surface area contributed by atoms with Gasteiger partial charge in [-0.2, -0.15) is 5.10 Å². The number of nitrogens with zero attached hydrogens (tertiary/aromatic N) is 3. The second-order valence-electron chi connectivity index (χ2n) is 9.13. The maximum atomic E-state index is 13.3. The molecule has 0 bridgehead atoms. The standard InChI is InChI=1S/C28H32N4O2/c1-19-10-13-24(14-11-19)17-31-21(3)25-16-29-32(28(34)27(25)22(31)4)18-26(33)30-20(2)12-15-23-8-6-5-7-9-23/h5-11,13-14,16,20H,12,15,17-18H2,1-4H3,(H,30,33)/t20-/m0/s1. The second kappa shape index (κ2) is 10.1. The van der Waals surface area contributed by atoms with E-state index >= 15 is 0 Å². The highest BCUT2D eigenvalue weighted by atomic mass is 16.2. The van der Waals surface area contributed by atoms with Crippen LogP contribution in [-0.4, -0.2) is 26.3 Å². The molecule has 6 heteroatoms. The van der Waals surface area contributed by atoms with Gasteiger partial charge in [0.15, 0.2) is 0 Å². The van der Waals surface area contributed by atoms with E-state index in [1.807, 2.05) is 39.0 Å². The number of carbonyl (C=O) groups is 1. The molecular weight excluding hydrogens is 424 g/mol.